The number of nitrogens with zero attached hydrogens (tertiary/aromatic N) is 1. The fourth-order valence-electron chi connectivity index (χ4n) is 3.08. The molecule has 1 amide bonds. The number of likely N-dealkylation sites (N-methyl/N-ethyl adjacent to an activating group) is 1. The maximum Gasteiger partial charge on any atom is 0.227 e. The summed E-state index contributed by atoms with van der Waals surface area (Å²) in [5.41, 5.74) is 7.15. The first-order chi connectivity index (χ1) is 10.4. The number of carbonyl (C=O) groups is 1. The molecule has 0 saturated heterocycles. The van der Waals surface area contributed by atoms with Crippen molar-refractivity contribution in [2.45, 2.75) is 45.1 Å². The molecule has 0 spiro atoms. The van der Waals surface area contributed by atoms with E-state index in [9.17, 15) is 4.79 Å². The molecule has 1 aromatic carbocycles. The molecule has 4 nitrogen and oxygen atoms in total. The molecule has 0 heterocycles. The molecule has 22 heavy (non-hydrogen) atoms. The van der Waals surface area contributed by atoms with Gasteiger partial charge in [0.25, 0.3) is 0 Å². The summed E-state index contributed by atoms with van der Waals surface area (Å²) in [6, 6.07) is 7.95. The Labute approximate surface area is 133 Å². The van der Waals surface area contributed by atoms with Crippen molar-refractivity contribution in [3.63, 3.8) is 0 Å². The number of benzene rings is 1. The molecule has 2 unspecified atom stereocenters. The van der Waals surface area contributed by atoms with Gasteiger partial charge in [0.15, 0.2) is 0 Å². The van der Waals surface area contributed by atoms with Crippen molar-refractivity contribution in [2.24, 2.45) is 11.7 Å². The van der Waals surface area contributed by atoms with Gasteiger partial charge in [0.05, 0.1) is 12.5 Å². The summed E-state index contributed by atoms with van der Waals surface area (Å²) in [5, 5.41) is 0. The number of amides is 1. The fraction of sp³-hybridized carbons (Fsp3) is 0.611. The van der Waals surface area contributed by atoms with E-state index in [2.05, 4.69) is 0 Å². The molecule has 2 N–H and O–H groups in total. The van der Waals surface area contributed by atoms with Crippen LogP contribution in [0, 0.1) is 12.8 Å². The zero-order valence-electron chi connectivity index (χ0n) is 14.0. The quantitative estimate of drug-likeness (QED) is 0.910. The molecular weight excluding hydrogens is 276 g/mol. The zero-order chi connectivity index (χ0) is 16.2. The van der Waals surface area contributed by atoms with Gasteiger partial charge < -0.3 is 15.4 Å². The van der Waals surface area contributed by atoms with E-state index in [1.54, 1.807) is 4.90 Å². The SMILES string of the molecule is Cc1ccc(OCCN(C)C(=O)C2CCCCC2(C)N)cc1. The van der Waals surface area contributed by atoms with E-state index in [1.807, 2.05) is 45.2 Å². The van der Waals surface area contributed by atoms with E-state index in [-0.39, 0.29) is 17.4 Å². The number of ether oxygens (including phenoxy) is 1. The highest BCUT2D eigenvalue weighted by Gasteiger charge is 2.38. The van der Waals surface area contributed by atoms with Crippen molar-refractivity contribution in [1.82, 2.24) is 4.90 Å². The Morgan fingerprint density at radius 1 is 1.36 bits per heavy atom. The standard InChI is InChI=1S/C18H28N2O2/c1-14-7-9-15(10-8-14)22-13-12-20(3)17(21)16-6-4-5-11-18(16,2)19/h7-10,16H,4-6,11-13,19H2,1-3H3. The Hall–Kier alpha value is -1.55. The number of nitrogens with two attached hydrogens (primary N) is 1. The second-order valence-corrected chi connectivity index (χ2v) is 6.73. The fourth-order valence-corrected chi connectivity index (χ4v) is 3.08. The third-order valence-electron chi connectivity index (χ3n) is 4.65. The third kappa shape index (κ3) is 4.23. The maximum absolute atomic E-state index is 12.6. The molecule has 122 valence electrons. The second kappa shape index (κ2) is 7.14. The molecule has 2 atom stereocenters. The Bertz CT molecular complexity index is 496. The highest BCUT2D eigenvalue weighted by Crippen LogP contribution is 2.32. The Kier molecular flexibility index (Phi) is 5.46. The summed E-state index contributed by atoms with van der Waals surface area (Å²) < 4.78 is 5.70. The second-order valence-electron chi connectivity index (χ2n) is 6.73. The molecule has 1 aliphatic rings. The van der Waals surface area contributed by atoms with Crippen molar-refractivity contribution < 1.29 is 9.53 Å². The molecule has 0 aromatic heterocycles. The van der Waals surface area contributed by atoms with Crippen LogP contribution >= 0.6 is 0 Å². The summed E-state index contributed by atoms with van der Waals surface area (Å²) in [4.78, 5) is 14.4. The van der Waals surface area contributed by atoms with Gasteiger partial charge in [-0.1, -0.05) is 30.5 Å². The average molecular weight is 304 g/mol. The van der Waals surface area contributed by atoms with Crippen LogP contribution in [-0.4, -0.2) is 36.5 Å². The van der Waals surface area contributed by atoms with E-state index in [4.69, 9.17) is 10.5 Å². The van der Waals surface area contributed by atoms with Gasteiger partial charge in [-0.2, -0.15) is 0 Å². The number of aryl methyl sites for hydroxylation is 1. The number of carbonyl (C=O) groups excluding carboxylic acids is 1. The van der Waals surface area contributed by atoms with Crippen molar-refractivity contribution in [1.29, 1.82) is 0 Å². The lowest BCUT2D eigenvalue weighted by Crippen LogP contribution is -2.53. The van der Waals surface area contributed by atoms with Crippen LogP contribution in [0.3, 0.4) is 0 Å². The van der Waals surface area contributed by atoms with Gasteiger partial charge >= 0.3 is 0 Å². The van der Waals surface area contributed by atoms with Crippen molar-refractivity contribution in [3.8, 4) is 5.75 Å². The highest BCUT2D eigenvalue weighted by molar-refractivity contribution is 5.80. The summed E-state index contributed by atoms with van der Waals surface area (Å²) in [7, 11) is 1.84. The smallest absolute Gasteiger partial charge is 0.227 e. The lowest BCUT2D eigenvalue weighted by Gasteiger charge is -2.39. The topological polar surface area (TPSA) is 55.6 Å². The van der Waals surface area contributed by atoms with Crippen LogP contribution in [0.4, 0.5) is 0 Å². The average Bonchev–Trinajstić information content (AvgIpc) is 2.48. The van der Waals surface area contributed by atoms with Crippen LogP contribution in [0.2, 0.25) is 0 Å². The van der Waals surface area contributed by atoms with Crippen LogP contribution in [0.25, 0.3) is 0 Å². The van der Waals surface area contributed by atoms with Crippen LogP contribution < -0.4 is 10.5 Å². The van der Waals surface area contributed by atoms with E-state index in [0.717, 1.165) is 31.4 Å². The van der Waals surface area contributed by atoms with Crippen LogP contribution in [0.1, 0.15) is 38.2 Å². The molecular formula is C18H28N2O2. The molecule has 4 heteroatoms. The van der Waals surface area contributed by atoms with E-state index >= 15 is 0 Å². The van der Waals surface area contributed by atoms with Gasteiger partial charge in [0.1, 0.15) is 12.4 Å². The molecule has 2 rings (SSSR count). The third-order valence-corrected chi connectivity index (χ3v) is 4.65. The monoisotopic (exact) mass is 304 g/mol. The zero-order valence-corrected chi connectivity index (χ0v) is 14.0. The highest BCUT2D eigenvalue weighted by atomic mass is 16.5. The largest absolute Gasteiger partial charge is 0.492 e. The number of hydrogen-bond donors (Lipinski definition) is 1. The van der Waals surface area contributed by atoms with E-state index < -0.39 is 0 Å². The first kappa shape index (κ1) is 16.8. The first-order valence-corrected chi connectivity index (χ1v) is 8.13. The molecule has 0 bridgehead atoms. The molecule has 1 aromatic rings. The number of rotatable bonds is 5. The van der Waals surface area contributed by atoms with Crippen LogP contribution in [-0.2, 0) is 4.79 Å². The van der Waals surface area contributed by atoms with E-state index in [1.165, 1.54) is 5.56 Å². The molecule has 1 fully saturated rings. The van der Waals surface area contributed by atoms with Gasteiger partial charge in [-0.3, -0.25) is 4.79 Å². The molecule has 0 aliphatic heterocycles. The molecule has 1 aliphatic carbocycles. The normalized spacial score (nSPS) is 24.8. The summed E-state index contributed by atoms with van der Waals surface area (Å²) in [6.07, 6.45) is 4.04. The van der Waals surface area contributed by atoms with Crippen LogP contribution in [0.15, 0.2) is 24.3 Å². The van der Waals surface area contributed by atoms with Crippen molar-refractivity contribution in [3.05, 3.63) is 29.8 Å². The minimum atomic E-state index is -0.374. The van der Waals surface area contributed by atoms with Crippen molar-refractivity contribution in [2.75, 3.05) is 20.2 Å². The van der Waals surface area contributed by atoms with Gasteiger partial charge in [0, 0.05) is 12.6 Å². The minimum Gasteiger partial charge on any atom is -0.492 e. The Morgan fingerprint density at radius 2 is 2.05 bits per heavy atom. The van der Waals surface area contributed by atoms with Crippen LogP contribution in [0.5, 0.6) is 5.75 Å². The predicted molar refractivity (Wildman–Crippen MR) is 88.9 cm³/mol. The van der Waals surface area contributed by atoms with Crippen molar-refractivity contribution >= 4 is 5.91 Å². The Balaban J connectivity index is 1.82. The lowest BCUT2D eigenvalue weighted by molar-refractivity contribution is -0.137. The van der Waals surface area contributed by atoms with E-state index in [0.29, 0.717) is 13.2 Å². The lowest BCUT2D eigenvalue weighted by atomic mass is 9.74. The molecule has 0 radical (unpaired) electrons. The predicted octanol–water partition coefficient (Wildman–Crippen LogP) is 2.74. The van der Waals surface area contributed by atoms with Gasteiger partial charge in [0.2, 0.25) is 5.91 Å². The van der Waals surface area contributed by atoms with Gasteiger partial charge in [-0.25, -0.2) is 0 Å². The molecule has 1 saturated carbocycles. The van der Waals surface area contributed by atoms with Gasteiger partial charge in [-0.15, -0.1) is 0 Å². The number of hydrogen-bond acceptors (Lipinski definition) is 3. The maximum atomic E-state index is 12.6. The Morgan fingerprint density at radius 3 is 2.68 bits per heavy atom. The summed E-state index contributed by atoms with van der Waals surface area (Å²) >= 11 is 0. The summed E-state index contributed by atoms with van der Waals surface area (Å²) in [6.45, 7) is 5.13. The summed E-state index contributed by atoms with van der Waals surface area (Å²) in [5.74, 6) is 0.926. The van der Waals surface area contributed by atoms with Gasteiger partial charge in [-0.05, 0) is 38.8 Å². The first-order valence-electron chi connectivity index (χ1n) is 8.13. The minimum absolute atomic E-state index is 0.0642.